The monoisotopic (exact) mass is 551 g/mol. The molecule has 4 rings (SSSR count). The zero-order valence-corrected chi connectivity index (χ0v) is 19.8. The number of ether oxygens (including phenoxy) is 1. The van der Waals surface area contributed by atoms with E-state index in [2.05, 4.69) is 58.4 Å². The molecule has 11 heteroatoms. The first-order valence-corrected chi connectivity index (χ1v) is 11.6. The number of benzene rings is 2. The van der Waals surface area contributed by atoms with Crippen LogP contribution in [-0.2, 0) is 0 Å². The number of aromatic nitrogens is 5. The highest BCUT2D eigenvalue weighted by Crippen LogP contribution is 2.29. The van der Waals surface area contributed by atoms with E-state index in [-0.39, 0.29) is 0 Å². The second-order valence-corrected chi connectivity index (χ2v) is 6.53. The van der Waals surface area contributed by atoms with Gasteiger partial charge in [-0.3, -0.25) is 5.10 Å². The van der Waals surface area contributed by atoms with E-state index in [0.29, 0.717) is 39.7 Å². The van der Waals surface area contributed by atoms with E-state index in [1.165, 1.54) is 7.05 Å². The fourth-order valence-corrected chi connectivity index (χ4v) is 2.78. The first-order chi connectivity index (χ1) is 15.0. The summed E-state index contributed by atoms with van der Waals surface area (Å²) in [6, 6.07) is 12.3. The van der Waals surface area contributed by atoms with Crippen molar-refractivity contribution in [3.05, 3.63) is 53.3 Å². The van der Waals surface area contributed by atoms with Gasteiger partial charge in [0.05, 0.1) is 5.52 Å². The molecule has 0 aliphatic rings. The molecule has 0 saturated heterocycles. The lowest BCUT2D eigenvalue weighted by Crippen LogP contribution is -2.21. The summed E-state index contributed by atoms with van der Waals surface area (Å²) < 4.78 is 5.22. The Morgan fingerprint density at radius 3 is 2.48 bits per heavy atom. The minimum Gasteiger partial charge on any atom is -0.410 e. The number of H-pyrrole nitrogens is 1. The highest BCUT2D eigenvalue weighted by atomic mass is 127. The molecule has 2 aromatic heterocycles. The number of carbonyl (C=O) groups is 1. The fraction of sp³-hybridized carbons (Fsp3) is 0.150. The molecule has 0 radical (unpaired) electrons. The van der Waals surface area contributed by atoms with Crippen molar-refractivity contribution < 1.29 is 9.53 Å². The molecule has 0 fully saturated rings. The number of nitrogens with one attached hydrogen (secondary N) is 3. The highest BCUT2D eigenvalue weighted by Gasteiger charge is 2.13. The van der Waals surface area contributed by atoms with E-state index >= 15 is 0 Å². The van der Waals surface area contributed by atoms with Gasteiger partial charge in [-0.05, 0) is 48.3 Å². The van der Waals surface area contributed by atoms with Gasteiger partial charge in [0.1, 0.15) is 17.4 Å². The second-order valence-electron chi connectivity index (χ2n) is 6.09. The molecule has 160 valence electrons. The van der Waals surface area contributed by atoms with Crippen molar-refractivity contribution in [3.63, 3.8) is 0 Å². The van der Waals surface area contributed by atoms with Gasteiger partial charge in [0, 0.05) is 29.1 Å². The normalized spacial score (nSPS) is 10.2. The Morgan fingerprint density at radius 1 is 1.10 bits per heavy atom. The Balaban J connectivity index is 0.00000132. The smallest absolute Gasteiger partial charge is 0.410 e. The molecule has 4 aromatic rings. The fourth-order valence-electron chi connectivity index (χ4n) is 2.66. The molecule has 9 nitrogen and oxygen atoms in total. The van der Waals surface area contributed by atoms with Crippen LogP contribution in [0.4, 0.5) is 16.6 Å². The summed E-state index contributed by atoms with van der Waals surface area (Å²) >= 11 is 8.14. The van der Waals surface area contributed by atoms with Crippen molar-refractivity contribution in [2.45, 2.75) is 6.92 Å². The molecule has 0 saturated carbocycles. The largest absolute Gasteiger partial charge is 0.412 e. The molecule has 0 atom stereocenters. The van der Waals surface area contributed by atoms with Gasteiger partial charge in [0.25, 0.3) is 0 Å². The molecule has 0 spiro atoms. The standard InChI is InChI=1S/C19H16ClN7O2.CH3I/c1-10-22-18(27-26-10)25-17-14-8-7-13(29-19(28)21-2)9-15(14)23-16(24-17)11-3-5-12(20)6-4-11;1-2/h3-9H,1-2H3,(H,21,28)(H2,22,23,24,25,26,27);1H3. The number of alkyl halides is 1. The third-order valence-corrected chi connectivity index (χ3v) is 4.26. The van der Waals surface area contributed by atoms with Crippen LogP contribution in [0.25, 0.3) is 22.3 Å². The highest BCUT2D eigenvalue weighted by molar-refractivity contribution is 14.1. The molecular weight excluding hydrogens is 533 g/mol. The Hall–Kier alpha value is -2.99. The first kappa shape index (κ1) is 22.7. The van der Waals surface area contributed by atoms with Crippen LogP contribution in [0.1, 0.15) is 5.82 Å². The SMILES string of the molecule is CI.CNC(=O)Oc1ccc2c(Nc3n[nH]c(C)n3)nc(-c3ccc(Cl)cc3)nc2c1. The predicted molar refractivity (Wildman–Crippen MR) is 129 cm³/mol. The van der Waals surface area contributed by atoms with Crippen molar-refractivity contribution in [1.82, 2.24) is 30.5 Å². The minimum absolute atomic E-state index is 0.359. The quantitative estimate of drug-likeness (QED) is 0.244. The number of hydrogen-bond donors (Lipinski definition) is 3. The number of aromatic amines is 1. The van der Waals surface area contributed by atoms with Crippen LogP contribution in [0, 0.1) is 6.92 Å². The zero-order chi connectivity index (χ0) is 22.4. The van der Waals surface area contributed by atoms with Crippen molar-refractivity contribution >= 4 is 63.0 Å². The second kappa shape index (κ2) is 10.4. The number of fused-ring (bicyclic) bond motifs is 1. The lowest BCUT2D eigenvalue weighted by Gasteiger charge is -2.10. The van der Waals surface area contributed by atoms with Gasteiger partial charge >= 0.3 is 6.09 Å². The molecule has 31 heavy (non-hydrogen) atoms. The van der Waals surface area contributed by atoms with Crippen molar-refractivity contribution in [2.24, 2.45) is 0 Å². The van der Waals surface area contributed by atoms with E-state index in [9.17, 15) is 4.79 Å². The Labute approximate surface area is 197 Å². The number of carbonyl (C=O) groups excluding carboxylic acids is 1. The van der Waals surface area contributed by atoms with Gasteiger partial charge in [-0.15, -0.1) is 5.10 Å². The van der Waals surface area contributed by atoms with Crippen molar-refractivity contribution in [3.8, 4) is 17.1 Å². The summed E-state index contributed by atoms with van der Waals surface area (Å²) in [4.78, 5) is 27.0. The van der Waals surface area contributed by atoms with E-state index in [0.717, 1.165) is 10.9 Å². The average Bonchev–Trinajstić information content (AvgIpc) is 3.19. The van der Waals surface area contributed by atoms with E-state index < -0.39 is 6.09 Å². The van der Waals surface area contributed by atoms with Crippen LogP contribution >= 0.6 is 34.2 Å². The van der Waals surface area contributed by atoms with Gasteiger partial charge < -0.3 is 15.4 Å². The maximum atomic E-state index is 11.5. The summed E-state index contributed by atoms with van der Waals surface area (Å²) in [5.74, 6) is 2.41. The Kier molecular flexibility index (Phi) is 7.58. The van der Waals surface area contributed by atoms with Crippen LogP contribution in [0.3, 0.4) is 0 Å². The predicted octanol–water partition coefficient (Wildman–Crippen LogP) is 4.89. The van der Waals surface area contributed by atoms with Crippen LogP contribution in [0.15, 0.2) is 42.5 Å². The number of amides is 1. The average molecular weight is 552 g/mol. The molecule has 1 amide bonds. The molecule has 0 unspecified atom stereocenters. The maximum absolute atomic E-state index is 11.5. The van der Waals surface area contributed by atoms with Crippen LogP contribution in [0.5, 0.6) is 5.75 Å². The van der Waals surface area contributed by atoms with E-state index in [1.807, 2.05) is 17.1 Å². The van der Waals surface area contributed by atoms with E-state index in [4.69, 9.17) is 16.3 Å². The molecule has 0 aliphatic heterocycles. The summed E-state index contributed by atoms with van der Waals surface area (Å²) in [5.41, 5.74) is 1.37. The maximum Gasteiger partial charge on any atom is 0.412 e. The van der Waals surface area contributed by atoms with Gasteiger partial charge in [-0.25, -0.2) is 14.8 Å². The summed E-state index contributed by atoms with van der Waals surface area (Å²) in [5, 5.41) is 13.7. The van der Waals surface area contributed by atoms with Crippen LogP contribution in [0.2, 0.25) is 5.02 Å². The lowest BCUT2D eigenvalue weighted by atomic mass is 10.1. The number of anilines is 2. The summed E-state index contributed by atoms with van der Waals surface area (Å²) in [6.07, 6.45) is -0.564. The van der Waals surface area contributed by atoms with Gasteiger partial charge in [-0.2, -0.15) is 4.98 Å². The third kappa shape index (κ3) is 5.58. The molecule has 3 N–H and O–H groups in total. The minimum atomic E-state index is -0.564. The summed E-state index contributed by atoms with van der Waals surface area (Å²) in [7, 11) is 1.49. The number of nitrogens with zero attached hydrogens (tertiary/aromatic N) is 4. The zero-order valence-electron chi connectivity index (χ0n) is 16.9. The molecule has 2 heterocycles. The van der Waals surface area contributed by atoms with E-state index in [1.54, 1.807) is 37.3 Å². The van der Waals surface area contributed by atoms with Gasteiger partial charge in [0.15, 0.2) is 5.82 Å². The topological polar surface area (TPSA) is 118 Å². The van der Waals surface area contributed by atoms with Crippen LogP contribution < -0.4 is 15.4 Å². The Morgan fingerprint density at radius 2 is 1.84 bits per heavy atom. The van der Waals surface area contributed by atoms with Crippen molar-refractivity contribution in [2.75, 3.05) is 17.3 Å². The molecular formula is C20H19ClIN7O2. The number of rotatable bonds is 4. The number of halogens is 2. The van der Waals surface area contributed by atoms with Gasteiger partial charge in [0.2, 0.25) is 5.95 Å². The van der Waals surface area contributed by atoms with Crippen LogP contribution in [-0.4, -0.2) is 43.2 Å². The van der Waals surface area contributed by atoms with Crippen molar-refractivity contribution in [1.29, 1.82) is 0 Å². The number of hydrogen-bond acceptors (Lipinski definition) is 7. The third-order valence-electron chi connectivity index (χ3n) is 4.01. The first-order valence-electron chi connectivity index (χ1n) is 9.03. The Bertz CT molecular complexity index is 1200. The molecule has 2 aromatic carbocycles. The lowest BCUT2D eigenvalue weighted by molar-refractivity contribution is 0.203. The number of aryl methyl sites for hydroxylation is 1. The molecule has 0 aliphatic carbocycles. The van der Waals surface area contributed by atoms with Gasteiger partial charge in [-0.1, -0.05) is 34.2 Å². The summed E-state index contributed by atoms with van der Waals surface area (Å²) in [6.45, 7) is 1.80. The molecule has 0 bridgehead atoms.